The highest BCUT2D eigenvalue weighted by Gasteiger charge is 2.23. The highest BCUT2D eigenvalue weighted by molar-refractivity contribution is 6.42. The van der Waals surface area contributed by atoms with Gasteiger partial charge in [0.05, 0.1) is 10.0 Å². The molecule has 1 saturated carbocycles. The van der Waals surface area contributed by atoms with Crippen LogP contribution in [-0.4, -0.2) is 12.6 Å². The molecule has 0 saturated heterocycles. The normalized spacial score (nSPS) is 24.2. The first-order valence-corrected chi connectivity index (χ1v) is 8.15. The quantitative estimate of drug-likeness (QED) is 0.733. The molecule has 0 spiro atoms. The molecule has 1 aliphatic carbocycles. The maximum absolute atomic E-state index is 6.38. The first kappa shape index (κ1) is 15.2. The molecule has 0 aliphatic heterocycles. The third-order valence-electron chi connectivity index (χ3n) is 4.03. The fourth-order valence-corrected chi connectivity index (χ4v) is 3.47. The summed E-state index contributed by atoms with van der Waals surface area (Å²) in [7, 11) is 0. The lowest BCUT2D eigenvalue weighted by Gasteiger charge is -2.22. The van der Waals surface area contributed by atoms with Gasteiger partial charge in [-0.3, -0.25) is 0 Å². The SMILES string of the molecule is CCCNC1CCCCC(c2cccc(Cl)c2Cl)C1. The summed E-state index contributed by atoms with van der Waals surface area (Å²) >= 11 is 12.5. The van der Waals surface area contributed by atoms with Crippen LogP contribution in [0, 0.1) is 0 Å². The van der Waals surface area contributed by atoms with Crippen LogP contribution in [-0.2, 0) is 0 Å². The lowest BCUT2D eigenvalue weighted by Crippen LogP contribution is -2.30. The maximum atomic E-state index is 6.38. The Morgan fingerprint density at radius 3 is 2.79 bits per heavy atom. The summed E-state index contributed by atoms with van der Waals surface area (Å²) in [5, 5.41) is 5.11. The second kappa shape index (κ2) is 7.52. The van der Waals surface area contributed by atoms with E-state index in [1.807, 2.05) is 12.1 Å². The van der Waals surface area contributed by atoms with E-state index in [-0.39, 0.29) is 0 Å². The summed E-state index contributed by atoms with van der Waals surface area (Å²) in [5.74, 6) is 0.544. The maximum Gasteiger partial charge on any atom is 0.0627 e. The lowest BCUT2D eigenvalue weighted by molar-refractivity contribution is 0.439. The van der Waals surface area contributed by atoms with Crippen molar-refractivity contribution in [2.24, 2.45) is 0 Å². The van der Waals surface area contributed by atoms with Gasteiger partial charge in [0.15, 0.2) is 0 Å². The van der Waals surface area contributed by atoms with Gasteiger partial charge in [0, 0.05) is 6.04 Å². The van der Waals surface area contributed by atoms with E-state index in [2.05, 4.69) is 18.3 Å². The van der Waals surface area contributed by atoms with E-state index < -0.39 is 0 Å². The standard InChI is InChI=1S/C16H23Cl2N/c1-2-10-19-13-7-4-3-6-12(11-13)14-8-5-9-15(17)16(14)18/h5,8-9,12-13,19H,2-4,6-7,10-11H2,1H3. The van der Waals surface area contributed by atoms with E-state index in [0.717, 1.165) is 11.6 Å². The van der Waals surface area contributed by atoms with Crippen LogP contribution in [0.25, 0.3) is 0 Å². The van der Waals surface area contributed by atoms with Gasteiger partial charge in [-0.15, -0.1) is 0 Å². The van der Waals surface area contributed by atoms with Crippen molar-refractivity contribution in [3.05, 3.63) is 33.8 Å². The van der Waals surface area contributed by atoms with Crippen molar-refractivity contribution in [1.82, 2.24) is 5.32 Å². The molecule has 0 bridgehead atoms. The molecule has 0 amide bonds. The Labute approximate surface area is 126 Å². The van der Waals surface area contributed by atoms with Crippen molar-refractivity contribution in [3.8, 4) is 0 Å². The van der Waals surface area contributed by atoms with E-state index in [1.165, 1.54) is 44.1 Å². The minimum absolute atomic E-state index is 0.544. The summed E-state index contributed by atoms with van der Waals surface area (Å²) < 4.78 is 0. The first-order chi connectivity index (χ1) is 9.22. The number of hydrogen-bond donors (Lipinski definition) is 1. The molecule has 1 aromatic rings. The fourth-order valence-electron chi connectivity index (χ4n) is 3.01. The minimum atomic E-state index is 0.544. The van der Waals surface area contributed by atoms with Crippen molar-refractivity contribution >= 4 is 23.2 Å². The Hall–Kier alpha value is -0.240. The predicted octanol–water partition coefficient (Wildman–Crippen LogP) is 5.41. The highest BCUT2D eigenvalue weighted by Crippen LogP contribution is 2.38. The van der Waals surface area contributed by atoms with E-state index in [4.69, 9.17) is 23.2 Å². The van der Waals surface area contributed by atoms with Gasteiger partial charge in [-0.1, -0.05) is 55.1 Å². The molecule has 2 unspecified atom stereocenters. The Kier molecular flexibility index (Phi) is 6.00. The second-order valence-corrected chi connectivity index (χ2v) is 6.30. The molecule has 1 nitrogen and oxygen atoms in total. The van der Waals surface area contributed by atoms with Gasteiger partial charge in [-0.05, 0) is 49.8 Å². The van der Waals surface area contributed by atoms with E-state index in [9.17, 15) is 0 Å². The van der Waals surface area contributed by atoms with Crippen LogP contribution >= 0.6 is 23.2 Å². The van der Waals surface area contributed by atoms with Crippen LogP contribution in [0.1, 0.15) is 56.9 Å². The van der Waals surface area contributed by atoms with Gasteiger partial charge in [0.25, 0.3) is 0 Å². The molecule has 1 fully saturated rings. The second-order valence-electron chi connectivity index (χ2n) is 5.51. The van der Waals surface area contributed by atoms with Gasteiger partial charge in [0.2, 0.25) is 0 Å². The summed E-state index contributed by atoms with van der Waals surface area (Å²) in [6, 6.07) is 6.66. The lowest BCUT2D eigenvalue weighted by atomic mass is 9.90. The molecular formula is C16H23Cl2N. The molecule has 1 aromatic carbocycles. The smallest absolute Gasteiger partial charge is 0.0627 e. The molecule has 1 N–H and O–H groups in total. The van der Waals surface area contributed by atoms with Crippen LogP contribution in [0.15, 0.2) is 18.2 Å². The van der Waals surface area contributed by atoms with Gasteiger partial charge in [-0.2, -0.15) is 0 Å². The zero-order valence-corrected chi connectivity index (χ0v) is 13.1. The average molecular weight is 300 g/mol. The molecule has 0 aromatic heterocycles. The van der Waals surface area contributed by atoms with Crippen LogP contribution in [0.4, 0.5) is 0 Å². The molecule has 2 atom stereocenters. The number of nitrogens with one attached hydrogen (secondary N) is 1. The first-order valence-electron chi connectivity index (χ1n) is 7.39. The molecule has 2 rings (SSSR count). The third-order valence-corrected chi connectivity index (χ3v) is 4.86. The number of benzene rings is 1. The van der Waals surface area contributed by atoms with Gasteiger partial charge in [-0.25, -0.2) is 0 Å². The zero-order valence-electron chi connectivity index (χ0n) is 11.6. The Bertz CT molecular complexity index is 406. The number of rotatable bonds is 4. The van der Waals surface area contributed by atoms with Gasteiger partial charge in [0.1, 0.15) is 0 Å². The topological polar surface area (TPSA) is 12.0 Å². The largest absolute Gasteiger partial charge is 0.314 e. The van der Waals surface area contributed by atoms with Crippen LogP contribution in [0.3, 0.4) is 0 Å². The summed E-state index contributed by atoms with van der Waals surface area (Å²) in [6.45, 7) is 3.33. The molecule has 0 heterocycles. The third kappa shape index (κ3) is 4.11. The van der Waals surface area contributed by atoms with Crippen LogP contribution < -0.4 is 5.32 Å². The monoisotopic (exact) mass is 299 g/mol. The van der Waals surface area contributed by atoms with Crippen molar-refractivity contribution in [2.45, 2.75) is 57.4 Å². The highest BCUT2D eigenvalue weighted by atomic mass is 35.5. The molecule has 19 heavy (non-hydrogen) atoms. The zero-order chi connectivity index (χ0) is 13.7. The molecule has 0 radical (unpaired) electrons. The van der Waals surface area contributed by atoms with E-state index in [1.54, 1.807) is 0 Å². The Balaban J connectivity index is 2.11. The molecule has 1 aliphatic rings. The molecule has 106 valence electrons. The van der Waals surface area contributed by atoms with E-state index in [0.29, 0.717) is 17.0 Å². The summed E-state index contributed by atoms with van der Waals surface area (Å²) in [6.07, 6.45) is 7.49. The van der Waals surface area contributed by atoms with Crippen LogP contribution in [0.5, 0.6) is 0 Å². The fraction of sp³-hybridized carbons (Fsp3) is 0.625. The Morgan fingerprint density at radius 1 is 1.21 bits per heavy atom. The average Bonchev–Trinajstić information content (AvgIpc) is 2.65. The van der Waals surface area contributed by atoms with Crippen molar-refractivity contribution < 1.29 is 0 Å². The number of halogens is 2. The van der Waals surface area contributed by atoms with Crippen molar-refractivity contribution in [3.63, 3.8) is 0 Å². The van der Waals surface area contributed by atoms with Gasteiger partial charge >= 0.3 is 0 Å². The predicted molar refractivity (Wildman–Crippen MR) is 84.4 cm³/mol. The molecular weight excluding hydrogens is 277 g/mol. The summed E-state index contributed by atoms with van der Waals surface area (Å²) in [5.41, 5.74) is 1.24. The minimum Gasteiger partial charge on any atom is -0.314 e. The Morgan fingerprint density at radius 2 is 2.00 bits per heavy atom. The van der Waals surface area contributed by atoms with E-state index >= 15 is 0 Å². The summed E-state index contributed by atoms with van der Waals surface area (Å²) in [4.78, 5) is 0. The van der Waals surface area contributed by atoms with Gasteiger partial charge < -0.3 is 5.32 Å². The van der Waals surface area contributed by atoms with Crippen molar-refractivity contribution in [1.29, 1.82) is 0 Å². The number of hydrogen-bond acceptors (Lipinski definition) is 1. The molecule has 3 heteroatoms. The van der Waals surface area contributed by atoms with Crippen molar-refractivity contribution in [2.75, 3.05) is 6.54 Å². The van der Waals surface area contributed by atoms with Crippen LogP contribution in [0.2, 0.25) is 10.0 Å².